The SMILES string of the molecule is CC(C)Cc1ccc([C@H](C)NC(=O)COC(=O)c2cc3ccccc3oc2=O)cc1. The van der Waals surface area contributed by atoms with Crippen LogP contribution in [0.3, 0.4) is 0 Å². The van der Waals surface area contributed by atoms with Crippen molar-refractivity contribution in [2.45, 2.75) is 33.2 Å². The first kappa shape index (κ1) is 21.3. The van der Waals surface area contributed by atoms with Crippen LogP contribution in [-0.4, -0.2) is 18.5 Å². The highest BCUT2D eigenvalue weighted by Gasteiger charge is 2.17. The molecule has 3 aromatic rings. The third kappa shape index (κ3) is 5.35. The van der Waals surface area contributed by atoms with Gasteiger partial charge < -0.3 is 14.5 Å². The Balaban J connectivity index is 1.57. The minimum Gasteiger partial charge on any atom is -0.452 e. The lowest BCUT2D eigenvalue weighted by Gasteiger charge is -2.15. The van der Waals surface area contributed by atoms with Crippen molar-refractivity contribution in [2.24, 2.45) is 5.92 Å². The molecule has 1 heterocycles. The van der Waals surface area contributed by atoms with Crippen LogP contribution in [0.2, 0.25) is 0 Å². The van der Waals surface area contributed by atoms with Crippen molar-refractivity contribution < 1.29 is 18.7 Å². The molecule has 0 aliphatic rings. The Morgan fingerprint density at radius 3 is 2.43 bits per heavy atom. The van der Waals surface area contributed by atoms with Gasteiger partial charge >= 0.3 is 11.6 Å². The van der Waals surface area contributed by atoms with E-state index in [-0.39, 0.29) is 11.6 Å². The topological polar surface area (TPSA) is 85.6 Å². The predicted molar refractivity (Wildman–Crippen MR) is 114 cm³/mol. The molecule has 0 spiro atoms. The van der Waals surface area contributed by atoms with Gasteiger partial charge in [-0.2, -0.15) is 0 Å². The molecule has 0 aliphatic heterocycles. The number of rotatable bonds is 7. The summed E-state index contributed by atoms with van der Waals surface area (Å²) in [5.74, 6) is -0.768. The van der Waals surface area contributed by atoms with Gasteiger partial charge in [0.05, 0.1) is 6.04 Å². The molecule has 0 unspecified atom stereocenters. The predicted octanol–water partition coefficient (Wildman–Crippen LogP) is 4.03. The Morgan fingerprint density at radius 2 is 1.73 bits per heavy atom. The normalized spacial score (nSPS) is 12.0. The summed E-state index contributed by atoms with van der Waals surface area (Å²) in [6, 6.07) is 16.1. The third-order valence-electron chi connectivity index (χ3n) is 4.70. The molecule has 1 amide bonds. The Hall–Kier alpha value is -3.41. The lowest BCUT2D eigenvalue weighted by atomic mass is 10.00. The molecule has 6 nitrogen and oxygen atoms in total. The minimum atomic E-state index is -0.893. The lowest BCUT2D eigenvalue weighted by Crippen LogP contribution is -2.31. The monoisotopic (exact) mass is 407 g/mol. The first-order valence-corrected chi connectivity index (χ1v) is 9.91. The molecule has 0 saturated heterocycles. The highest BCUT2D eigenvalue weighted by atomic mass is 16.5. The Kier molecular flexibility index (Phi) is 6.67. The number of ether oxygens (including phenoxy) is 1. The number of fused-ring (bicyclic) bond motifs is 1. The van der Waals surface area contributed by atoms with E-state index in [0.717, 1.165) is 12.0 Å². The molecule has 1 N–H and O–H groups in total. The molecular weight excluding hydrogens is 382 g/mol. The molecular formula is C24H25NO5. The van der Waals surface area contributed by atoms with Crippen molar-refractivity contribution in [3.05, 3.63) is 81.7 Å². The number of hydrogen-bond acceptors (Lipinski definition) is 5. The second kappa shape index (κ2) is 9.39. The van der Waals surface area contributed by atoms with Crippen LogP contribution < -0.4 is 10.9 Å². The first-order valence-electron chi connectivity index (χ1n) is 9.91. The van der Waals surface area contributed by atoms with E-state index in [1.807, 2.05) is 19.1 Å². The smallest absolute Gasteiger partial charge is 0.351 e. The summed E-state index contributed by atoms with van der Waals surface area (Å²) in [6.07, 6.45) is 1.000. The van der Waals surface area contributed by atoms with Gasteiger partial charge in [-0.25, -0.2) is 9.59 Å². The summed E-state index contributed by atoms with van der Waals surface area (Å²) < 4.78 is 10.1. The standard InChI is InChI=1S/C24H25NO5/c1-15(2)12-17-8-10-18(11-9-17)16(3)25-22(26)14-29-23(27)20-13-19-6-4-5-7-21(19)30-24(20)28/h4-11,13,15-16H,12,14H2,1-3H3,(H,25,26)/t16-/m0/s1. The van der Waals surface area contributed by atoms with Crippen LogP contribution in [0, 0.1) is 5.92 Å². The van der Waals surface area contributed by atoms with Gasteiger partial charge in [0.1, 0.15) is 11.1 Å². The van der Waals surface area contributed by atoms with Gasteiger partial charge in [0, 0.05) is 5.39 Å². The fraction of sp³-hybridized carbons (Fsp3) is 0.292. The van der Waals surface area contributed by atoms with E-state index in [1.165, 1.54) is 11.6 Å². The van der Waals surface area contributed by atoms with Crippen LogP contribution >= 0.6 is 0 Å². The number of hydrogen-bond donors (Lipinski definition) is 1. The summed E-state index contributed by atoms with van der Waals surface area (Å²) >= 11 is 0. The summed E-state index contributed by atoms with van der Waals surface area (Å²) in [5, 5.41) is 3.39. The maximum Gasteiger partial charge on any atom is 0.351 e. The van der Waals surface area contributed by atoms with Gasteiger partial charge in [-0.05, 0) is 42.5 Å². The quantitative estimate of drug-likeness (QED) is 0.472. The molecule has 6 heteroatoms. The molecule has 0 aliphatic carbocycles. The number of benzene rings is 2. The number of para-hydroxylation sites is 1. The molecule has 156 valence electrons. The Labute approximate surface area is 174 Å². The van der Waals surface area contributed by atoms with E-state index in [4.69, 9.17) is 9.15 Å². The fourth-order valence-electron chi connectivity index (χ4n) is 3.19. The molecule has 0 radical (unpaired) electrons. The Bertz CT molecular complexity index is 1100. The molecule has 0 saturated carbocycles. The van der Waals surface area contributed by atoms with E-state index >= 15 is 0 Å². The average Bonchev–Trinajstić information content (AvgIpc) is 2.71. The fourth-order valence-corrected chi connectivity index (χ4v) is 3.19. The van der Waals surface area contributed by atoms with Crippen LogP contribution in [0.4, 0.5) is 0 Å². The minimum absolute atomic E-state index is 0.240. The first-order chi connectivity index (χ1) is 14.3. The van der Waals surface area contributed by atoms with Crippen molar-refractivity contribution in [3.63, 3.8) is 0 Å². The molecule has 1 atom stereocenters. The zero-order valence-electron chi connectivity index (χ0n) is 17.3. The largest absolute Gasteiger partial charge is 0.452 e. The highest BCUT2D eigenvalue weighted by Crippen LogP contribution is 2.16. The number of carbonyl (C=O) groups is 2. The second-order valence-electron chi connectivity index (χ2n) is 7.69. The summed E-state index contributed by atoms with van der Waals surface area (Å²) in [5.41, 5.74) is 1.54. The summed E-state index contributed by atoms with van der Waals surface area (Å²) in [7, 11) is 0. The Morgan fingerprint density at radius 1 is 1.03 bits per heavy atom. The van der Waals surface area contributed by atoms with Crippen LogP contribution in [0.1, 0.15) is 48.3 Å². The third-order valence-corrected chi connectivity index (χ3v) is 4.70. The van der Waals surface area contributed by atoms with Crippen molar-refractivity contribution in [1.82, 2.24) is 5.32 Å². The average molecular weight is 407 g/mol. The highest BCUT2D eigenvalue weighted by molar-refractivity contribution is 5.94. The maximum absolute atomic E-state index is 12.2. The number of carbonyl (C=O) groups excluding carboxylic acids is 2. The van der Waals surface area contributed by atoms with Crippen LogP contribution in [-0.2, 0) is 16.0 Å². The molecule has 3 rings (SSSR count). The lowest BCUT2D eigenvalue weighted by molar-refractivity contribution is -0.124. The van der Waals surface area contributed by atoms with E-state index in [0.29, 0.717) is 16.9 Å². The van der Waals surface area contributed by atoms with Crippen LogP contribution in [0.5, 0.6) is 0 Å². The van der Waals surface area contributed by atoms with Gasteiger partial charge in [0.2, 0.25) is 0 Å². The number of esters is 1. The van der Waals surface area contributed by atoms with Gasteiger partial charge in [-0.15, -0.1) is 0 Å². The van der Waals surface area contributed by atoms with Crippen molar-refractivity contribution in [1.29, 1.82) is 0 Å². The number of amides is 1. The van der Waals surface area contributed by atoms with Gasteiger partial charge in [0.25, 0.3) is 5.91 Å². The maximum atomic E-state index is 12.2. The second-order valence-corrected chi connectivity index (χ2v) is 7.69. The van der Waals surface area contributed by atoms with Crippen molar-refractivity contribution >= 4 is 22.8 Å². The molecule has 0 bridgehead atoms. The summed E-state index contributed by atoms with van der Waals surface area (Å²) in [6.45, 7) is 5.70. The van der Waals surface area contributed by atoms with Crippen LogP contribution in [0.25, 0.3) is 11.0 Å². The van der Waals surface area contributed by atoms with E-state index in [9.17, 15) is 14.4 Å². The van der Waals surface area contributed by atoms with Gasteiger partial charge in [0.15, 0.2) is 6.61 Å². The zero-order valence-corrected chi connectivity index (χ0v) is 17.3. The zero-order chi connectivity index (χ0) is 21.7. The number of nitrogens with one attached hydrogen (secondary N) is 1. The van der Waals surface area contributed by atoms with Gasteiger partial charge in [-0.3, -0.25) is 4.79 Å². The molecule has 2 aromatic carbocycles. The van der Waals surface area contributed by atoms with Gasteiger partial charge in [-0.1, -0.05) is 56.3 Å². The van der Waals surface area contributed by atoms with E-state index < -0.39 is 24.1 Å². The molecule has 0 fully saturated rings. The van der Waals surface area contributed by atoms with Crippen molar-refractivity contribution in [3.8, 4) is 0 Å². The molecule has 30 heavy (non-hydrogen) atoms. The van der Waals surface area contributed by atoms with E-state index in [1.54, 1.807) is 24.3 Å². The molecule has 1 aromatic heterocycles. The van der Waals surface area contributed by atoms with Crippen molar-refractivity contribution in [2.75, 3.05) is 6.61 Å². The van der Waals surface area contributed by atoms with Crippen LogP contribution in [0.15, 0.2) is 63.8 Å². The van der Waals surface area contributed by atoms with E-state index in [2.05, 4.69) is 31.3 Å². The summed E-state index contributed by atoms with van der Waals surface area (Å²) in [4.78, 5) is 36.4.